The van der Waals surface area contributed by atoms with Crippen molar-refractivity contribution < 1.29 is 4.74 Å². The molecule has 7 nitrogen and oxygen atoms in total. The third kappa shape index (κ3) is 3.61. The minimum absolute atomic E-state index is 0.0115. The fourth-order valence-corrected chi connectivity index (χ4v) is 3.11. The molecule has 3 aromatic heterocycles. The Kier molecular flexibility index (Phi) is 4.83. The van der Waals surface area contributed by atoms with Gasteiger partial charge < -0.3 is 10.1 Å². The normalized spacial score (nSPS) is 11.2. The number of hydrogen-bond acceptors (Lipinski definition) is 6. The van der Waals surface area contributed by atoms with Crippen LogP contribution in [0, 0.1) is 6.92 Å². The molecular weight excluding hydrogens is 376 g/mol. The van der Waals surface area contributed by atoms with Crippen LogP contribution in [0.4, 0.5) is 11.6 Å². The second-order valence-corrected chi connectivity index (χ2v) is 6.98. The van der Waals surface area contributed by atoms with Gasteiger partial charge in [0.25, 0.3) is 0 Å². The Hall–Kier alpha value is -3.19. The predicted octanol–water partition coefficient (Wildman–Crippen LogP) is 4.91. The molecule has 2 N–H and O–H groups in total. The smallest absolute Gasteiger partial charge is 0.227 e. The van der Waals surface area contributed by atoms with E-state index in [-0.39, 0.29) is 6.10 Å². The van der Waals surface area contributed by atoms with Crippen molar-refractivity contribution in [2.24, 2.45) is 0 Å². The summed E-state index contributed by atoms with van der Waals surface area (Å²) in [7, 11) is 0. The first-order valence-corrected chi connectivity index (χ1v) is 9.25. The van der Waals surface area contributed by atoms with Crippen LogP contribution in [-0.4, -0.2) is 31.3 Å². The average molecular weight is 395 g/mol. The Bertz CT molecular complexity index is 1140. The number of aromatic amines is 1. The molecule has 0 aliphatic heterocycles. The summed E-state index contributed by atoms with van der Waals surface area (Å²) < 4.78 is 6.02. The number of nitrogens with zero attached hydrogens (tertiary/aromatic N) is 4. The van der Waals surface area contributed by atoms with Gasteiger partial charge in [-0.15, -0.1) is 0 Å². The maximum absolute atomic E-state index is 6.16. The van der Waals surface area contributed by atoms with Gasteiger partial charge in [0.1, 0.15) is 11.3 Å². The van der Waals surface area contributed by atoms with Crippen molar-refractivity contribution in [2.45, 2.75) is 26.9 Å². The molecule has 0 spiro atoms. The molecule has 8 heteroatoms. The summed E-state index contributed by atoms with van der Waals surface area (Å²) in [6.45, 7) is 5.93. The fraction of sp³-hybridized carbons (Fsp3) is 0.200. The number of nitrogens with one attached hydrogen (secondary N) is 2. The molecule has 0 aliphatic carbocycles. The van der Waals surface area contributed by atoms with Crippen LogP contribution in [0.25, 0.3) is 22.0 Å². The predicted molar refractivity (Wildman–Crippen MR) is 110 cm³/mol. The Balaban J connectivity index is 1.72. The van der Waals surface area contributed by atoms with E-state index in [1.54, 1.807) is 12.4 Å². The largest absolute Gasteiger partial charge is 0.489 e. The molecule has 0 atom stereocenters. The second-order valence-electron chi connectivity index (χ2n) is 6.62. The molecule has 4 aromatic rings. The van der Waals surface area contributed by atoms with E-state index in [2.05, 4.69) is 30.5 Å². The maximum atomic E-state index is 6.16. The van der Waals surface area contributed by atoms with Crippen LogP contribution in [0.3, 0.4) is 0 Å². The first kappa shape index (κ1) is 18.2. The van der Waals surface area contributed by atoms with Gasteiger partial charge in [-0.25, -0.2) is 15.0 Å². The molecule has 4 rings (SSSR count). The highest BCUT2D eigenvalue weighted by Gasteiger charge is 2.13. The standard InChI is InChI=1S/C20H19ClN6O/c1-11(2)28-17-8-13(15-10-24-27-12(15)3)4-5-16(17)25-20-23-9-14-6-7-22-19(21)18(14)26-20/h4-11H,1-3H3,(H,24,27)(H,23,25,26). The van der Waals surface area contributed by atoms with Crippen molar-refractivity contribution >= 4 is 34.1 Å². The number of aromatic nitrogens is 5. The molecule has 0 saturated heterocycles. The highest BCUT2D eigenvalue weighted by molar-refractivity contribution is 6.33. The van der Waals surface area contributed by atoms with Gasteiger partial charge in [-0.1, -0.05) is 17.7 Å². The molecule has 0 radical (unpaired) electrons. The number of benzene rings is 1. The molecule has 3 heterocycles. The zero-order valence-electron chi connectivity index (χ0n) is 15.7. The summed E-state index contributed by atoms with van der Waals surface area (Å²) >= 11 is 6.16. The fourth-order valence-electron chi connectivity index (χ4n) is 2.90. The number of hydrogen-bond donors (Lipinski definition) is 2. The number of pyridine rings is 1. The van der Waals surface area contributed by atoms with Gasteiger partial charge in [-0.05, 0) is 44.5 Å². The number of fused-ring (bicyclic) bond motifs is 1. The van der Waals surface area contributed by atoms with Crippen LogP contribution < -0.4 is 10.1 Å². The third-order valence-electron chi connectivity index (χ3n) is 4.19. The molecule has 28 heavy (non-hydrogen) atoms. The van der Waals surface area contributed by atoms with Gasteiger partial charge >= 0.3 is 0 Å². The van der Waals surface area contributed by atoms with Gasteiger partial charge in [0.15, 0.2) is 5.15 Å². The zero-order chi connectivity index (χ0) is 19.7. The summed E-state index contributed by atoms with van der Waals surface area (Å²) in [6.07, 6.45) is 5.23. The Morgan fingerprint density at radius 1 is 1.18 bits per heavy atom. The number of anilines is 2. The summed E-state index contributed by atoms with van der Waals surface area (Å²) in [6, 6.07) is 7.75. The zero-order valence-corrected chi connectivity index (χ0v) is 16.4. The van der Waals surface area contributed by atoms with Gasteiger partial charge in [-0.2, -0.15) is 5.10 Å². The number of ether oxygens (including phenoxy) is 1. The average Bonchev–Trinajstić information content (AvgIpc) is 3.09. The van der Waals surface area contributed by atoms with E-state index in [1.807, 2.05) is 51.2 Å². The third-order valence-corrected chi connectivity index (χ3v) is 4.46. The van der Waals surface area contributed by atoms with Crippen LogP contribution in [0.5, 0.6) is 5.75 Å². The van der Waals surface area contributed by atoms with E-state index in [9.17, 15) is 0 Å². The monoisotopic (exact) mass is 394 g/mol. The van der Waals surface area contributed by atoms with Crippen LogP contribution in [0.15, 0.2) is 42.9 Å². The quantitative estimate of drug-likeness (QED) is 0.467. The lowest BCUT2D eigenvalue weighted by Gasteiger charge is -2.16. The van der Waals surface area contributed by atoms with Gasteiger partial charge in [0.05, 0.1) is 17.5 Å². The van der Waals surface area contributed by atoms with Gasteiger partial charge in [-0.3, -0.25) is 5.10 Å². The van der Waals surface area contributed by atoms with Crippen molar-refractivity contribution in [3.63, 3.8) is 0 Å². The van der Waals surface area contributed by atoms with Crippen molar-refractivity contribution in [3.8, 4) is 16.9 Å². The van der Waals surface area contributed by atoms with Crippen molar-refractivity contribution in [2.75, 3.05) is 5.32 Å². The van der Waals surface area contributed by atoms with E-state index in [0.717, 1.165) is 27.9 Å². The van der Waals surface area contributed by atoms with Crippen LogP contribution >= 0.6 is 11.6 Å². The van der Waals surface area contributed by atoms with Gasteiger partial charge in [0, 0.05) is 29.5 Å². The number of H-pyrrole nitrogens is 1. The van der Waals surface area contributed by atoms with Crippen LogP contribution in [-0.2, 0) is 0 Å². The number of aryl methyl sites for hydroxylation is 1. The molecule has 0 fully saturated rings. The van der Waals surface area contributed by atoms with E-state index in [1.165, 1.54) is 0 Å². The Morgan fingerprint density at radius 2 is 2.04 bits per heavy atom. The molecule has 0 unspecified atom stereocenters. The summed E-state index contributed by atoms with van der Waals surface area (Å²) in [5.74, 6) is 1.12. The van der Waals surface area contributed by atoms with E-state index in [4.69, 9.17) is 16.3 Å². The molecule has 0 aliphatic rings. The topological polar surface area (TPSA) is 88.6 Å². The first-order valence-electron chi connectivity index (χ1n) is 8.87. The van der Waals surface area contributed by atoms with Crippen molar-refractivity contribution in [1.29, 1.82) is 0 Å². The SMILES string of the molecule is Cc1n[nH]cc1-c1ccc(Nc2ncc3ccnc(Cl)c3n2)c(OC(C)C)c1. The molecule has 0 amide bonds. The number of rotatable bonds is 5. The Labute approximate surface area is 167 Å². The van der Waals surface area contributed by atoms with Crippen molar-refractivity contribution in [1.82, 2.24) is 25.1 Å². The molecule has 1 aromatic carbocycles. The van der Waals surface area contributed by atoms with Crippen molar-refractivity contribution in [3.05, 3.63) is 53.7 Å². The summed E-state index contributed by atoms with van der Waals surface area (Å²) in [5, 5.41) is 11.5. The molecular formula is C20H19ClN6O. The van der Waals surface area contributed by atoms with E-state index >= 15 is 0 Å². The molecule has 142 valence electrons. The van der Waals surface area contributed by atoms with E-state index in [0.29, 0.717) is 22.4 Å². The number of halogens is 1. The second kappa shape index (κ2) is 7.44. The summed E-state index contributed by atoms with van der Waals surface area (Å²) in [4.78, 5) is 12.9. The lowest BCUT2D eigenvalue weighted by molar-refractivity contribution is 0.244. The Morgan fingerprint density at radius 3 is 2.79 bits per heavy atom. The van der Waals surface area contributed by atoms with E-state index < -0.39 is 0 Å². The summed E-state index contributed by atoms with van der Waals surface area (Å²) in [5.41, 5.74) is 4.33. The lowest BCUT2D eigenvalue weighted by atomic mass is 10.1. The molecule has 0 bridgehead atoms. The first-order chi connectivity index (χ1) is 13.5. The van der Waals surface area contributed by atoms with Crippen LogP contribution in [0.1, 0.15) is 19.5 Å². The molecule has 0 saturated carbocycles. The van der Waals surface area contributed by atoms with Gasteiger partial charge in [0.2, 0.25) is 5.95 Å². The lowest BCUT2D eigenvalue weighted by Crippen LogP contribution is -2.08. The van der Waals surface area contributed by atoms with Crippen LogP contribution in [0.2, 0.25) is 5.15 Å². The minimum atomic E-state index is 0.0115. The highest BCUT2D eigenvalue weighted by Crippen LogP contribution is 2.34. The minimum Gasteiger partial charge on any atom is -0.489 e. The maximum Gasteiger partial charge on any atom is 0.227 e. The highest BCUT2D eigenvalue weighted by atomic mass is 35.5.